The number of nitrogens with zero attached hydrogens (tertiary/aromatic N) is 12. The molecule has 6 aromatic heterocycles. The van der Waals surface area contributed by atoms with Gasteiger partial charge in [0.05, 0.1) is 50.6 Å². The Morgan fingerprint density at radius 3 is 1.00 bits per heavy atom. The maximum atomic E-state index is 14.6. The third-order valence-corrected chi connectivity index (χ3v) is 12.2. The SMILES string of the molecule is N#Cc1cc(-c2cc(-n3c4ccc(-c5ncccn5)cc4c4cc(-c5ncccn5)ccc43)c(C#N)c(-n3c4ccc(-c5ncccn5)cc4c4cc(-c5ncccn5)ccc43)c2)cc(C(F)(F)F)c1. The lowest BCUT2D eigenvalue weighted by Crippen LogP contribution is -2.07. The van der Waals surface area contributed by atoms with Crippen molar-refractivity contribution < 1.29 is 13.2 Å². The molecule has 12 aromatic rings. The van der Waals surface area contributed by atoms with Crippen molar-refractivity contribution in [1.82, 2.24) is 49.0 Å². The van der Waals surface area contributed by atoms with Gasteiger partial charge in [0.25, 0.3) is 0 Å². The molecule has 12 rings (SSSR count). The predicted octanol–water partition coefficient (Wildman–Crippen LogP) is 12.1. The summed E-state index contributed by atoms with van der Waals surface area (Å²) >= 11 is 0. The Morgan fingerprint density at radius 1 is 0.371 bits per heavy atom. The number of benzene rings is 6. The normalized spacial score (nSPS) is 11.6. The second-order valence-corrected chi connectivity index (χ2v) is 16.3. The van der Waals surface area contributed by atoms with Gasteiger partial charge in [-0.1, -0.05) is 0 Å². The van der Waals surface area contributed by atoms with Gasteiger partial charge >= 0.3 is 6.18 Å². The van der Waals surface area contributed by atoms with E-state index in [0.29, 0.717) is 62.3 Å². The van der Waals surface area contributed by atoms with E-state index in [-0.39, 0.29) is 16.7 Å². The first-order valence-corrected chi connectivity index (χ1v) is 21.7. The Hall–Kier alpha value is -9.99. The molecule has 6 aromatic carbocycles. The molecule has 0 fully saturated rings. The third-order valence-electron chi connectivity index (χ3n) is 12.2. The van der Waals surface area contributed by atoms with Crippen molar-refractivity contribution in [2.45, 2.75) is 6.18 Å². The number of halogens is 3. The summed E-state index contributed by atoms with van der Waals surface area (Å²) in [5.41, 5.74) is 5.93. The molecule has 0 saturated carbocycles. The zero-order chi connectivity index (χ0) is 47.5. The Kier molecular flexibility index (Phi) is 9.71. The highest BCUT2D eigenvalue weighted by atomic mass is 19.4. The fraction of sp³-hybridized carbons (Fsp3) is 0.0182. The van der Waals surface area contributed by atoms with Crippen LogP contribution in [0.15, 0.2) is 177 Å². The zero-order valence-electron chi connectivity index (χ0n) is 36.2. The van der Waals surface area contributed by atoms with Gasteiger partial charge in [-0.25, -0.2) is 39.9 Å². The maximum Gasteiger partial charge on any atom is 0.416 e. The summed E-state index contributed by atoms with van der Waals surface area (Å²) in [5.74, 6) is 2.01. The molecule has 0 amide bonds. The predicted molar refractivity (Wildman–Crippen MR) is 259 cm³/mol. The van der Waals surface area contributed by atoms with Gasteiger partial charge in [0, 0.05) is 93.4 Å². The smallest absolute Gasteiger partial charge is 0.308 e. The average Bonchev–Trinajstić information content (AvgIpc) is 3.92. The number of rotatable bonds is 7. The molecule has 0 saturated heterocycles. The maximum absolute atomic E-state index is 14.6. The highest BCUT2D eigenvalue weighted by Crippen LogP contribution is 2.43. The van der Waals surface area contributed by atoms with Crippen LogP contribution in [0.3, 0.4) is 0 Å². The van der Waals surface area contributed by atoms with Crippen LogP contribution in [0.2, 0.25) is 0 Å². The zero-order valence-corrected chi connectivity index (χ0v) is 36.2. The second-order valence-electron chi connectivity index (χ2n) is 16.3. The lowest BCUT2D eigenvalue weighted by Gasteiger charge is -2.19. The van der Waals surface area contributed by atoms with E-state index in [2.05, 4.69) is 45.9 Å². The molecule has 70 heavy (non-hydrogen) atoms. The average molecular weight is 915 g/mol. The summed E-state index contributed by atoms with van der Waals surface area (Å²) in [5, 5.41) is 24.8. The van der Waals surface area contributed by atoms with Gasteiger partial charge in [0.1, 0.15) is 11.6 Å². The minimum atomic E-state index is -4.76. The first kappa shape index (κ1) is 41.4. The number of hydrogen-bond acceptors (Lipinski definition) is 10. The lowest BCUT2D eigenvalue weighted by molar-refractivity contribution is -0.137. The van der Waals surface area contributed by atoms with Crippen LogP contribution in [-0.2, 0) is 6.18 Å². The Balaban J connectivity index is 1.20. The minimum Gasteiger partial charge on any atom is -0.308 e. The van der Waals surface area contributed by atoms with Gasteiger partial charge in [-0.05, 0) is 139 Å². The summed E-state index contributed by atoms with van der Waals surface area (Å²) in [6, 6.07) is 41.3. The molecular formula is C55H29F3N12. The van der Waals surface area contributed by atoms with E-state index in [1.54, 1.807) is 86.0 Å². The highest BCUT2D eigenvalue weighted by molar-refractivity contribution is 6.13. The fourth-order valence-corrected chi connectivity index (χ4v) is 9.18. The standard InChI is InChI=1S/C55H29F3N12/c56-55(57,58)39-22-32(30-59)21-37(23-39)38-28-49(69-45-9-5-33(51-61-13-1-14-62-51)24-40(45)41-25-34(6-10-46(41)69)52-63-15-2-16-64-52)44(31-60)50(29-38)70-47-11-7-35(53-65-17-3-18-66-53)26-42(47)43-27-36(8-12-48(43)70)54-67-19-4-20-68-54/h1-29H. The van der Waals surface area contributed by atoms with Crippen molar-refractivity contribution in [3.63, 3.8) is 0 Å². The molecule has 6 heterocycles. The topological polar surface area (TPSA) is 161 Å². The van der Waals surface area contributed by atoms with Gasteiger partial charge in [0.15, 0.2) is 23.3 Å². The molecule has 0 aliphatic heterocycles. The van der Waals surface area contributed by atoms with Crippen molar-refractivity contribution in [3.8, 4) is 80.2 Å². The molecule has 0 bridgehead atoms. The van der Waals surface area contributed by atoms with Crippen LogP contribution in [-0.4, -0.2) is 49.0 Å². The molecule has 330 valence electrons. The number of nitriles is 2. The van der Waals surface area contributed by atoms with Gasteiger partial charge in [0.2, 0.25) is 0 Å². The molecule has 0 radical (unpaired) electrons. The van der Waals surface area contributed by atoms with Crippen LogP contribution < -0.4 is 0 Å². The van der Waals surface area contributed by atoms with Gasteiger partial charge in [-0.3, -0.25) is 0 Å². The van der Waals surface area contributed by atoms with E-state index in [1.165, 1.54) is 6.07 Å². The highest BCUT2D eigenvalue weighted by Gasteiger charge is 2.32. The molecule has 0 aliphatic carbocycles. The summed E-state index contributed by atoms with van der Waals surface area (Å²) in [7, 11) is 0. The minimum absolute atomic E-state index is 0.124. The van der Waals surface area contributed by atoms with Crippen LogP contribution in [0.4, 0.5) is 13.2 Å². The molecule has 0 atom stereocenters. The molecule has 0 spiro atoms. The quantitative estimate of drug-likeness (QED) is 0.150. The van der Waals surface area contributed by atoms with Crippen molar-refractivity contribution in [2.24, 2.45) is 0 Å². The summed E-state index contributed by atoms with van der Waals surface area (Å²) in [6.45, 7) is 0. The van der Waals surface area contributed by atoms with E-state index in [9.17, 15) is 23.7 Å². The lowest BCUT2D eigenvalue weighted by atomic mass is 9.96. The first-order chi connectivity index (χ1) is 34.2. The van der Waals surface area contributed by atoms with E-state index in [0.717, 1.165) is 55.9 Å². The van der Waals surface area contributed by atoms with Crippen LogP contribution in [0, 0.1) is 22.7 Å². The largest absolute Gasteiger partial charge is 0.416 e. The molecule has 15 heteroatoms. The summed E-state index contributed by atoms with van der Waals surface area (Å²) in [6.07, 6.45) is 8.57. The van der Waals surface area contributed by atoms with E-state index in [1.807, 2.05) is 88.0 Å². The Labute approximate surface area is 395 Å². The van der Waals surface area contributed by atoms with E-state index < -0.39 is 11.7 Å². The summed E-state index contributed by atoms with van der Waals surface area (Å²) in [4.78, 5) is 36.1. The molecule has 0 unspecified atom stereocenters. The molecular weight excluding hydrogens is 886 g/mol. The summed E-state index contributed by atoms with van der Waals surface area (Å²) < 4.78 is 47.8. The van der Waals surface area contributed by atoms with Crippen LogP contribution in [0.25, 0.3) is 112 Å². The van der Waals surface area contributed by atoms with Gasteiger partial charge in [-0.2, -0.15) is 23.7 Å². The number of fused-ring (bicyclic) bond motifs is 6. The first-order valence-electron chi connectivity index (χ1n) is 21.7. The molecule has 12 nitrogen and oxygen atoms in total. The van der Waals surface area contributed by atoms with Crippen molar-refractivity contribution in [1.29, 1.82) is 10.5 Å². The Bertz CT molecular complexity index is 3710. The number of aromatic nitrogens is 10. The third kappa shape index (κ3) is 7.01. The number of hydrogen-bond donors (Lipinski definition) is 0. The van der Waals surface area contributed by atoms with Crippen molar-refractivity contribution in [3.05, 3.63) is 194 Å². The van der Waals surface area contributed by atoms with Crippen LogP contribution in [0.5, 0.6) is 0 Å². The van der Waals surface area contributed by atoms with E-state index >= 15 is 0 Å². The molecule has 0 N–H and O–H groups in total. The number of alkyl halides is 3. The van der Waals surface area contributed by atoms with Crippen LogP contribution in [0.1, 0.15) is 16.7 Å². The van der Waals surface area contributed by atoms with E-state index in [4.69, 9.17) is 0 Å². The second kappa shape index (κ2) is 16.4. The fourth-order valence-electron chi connectivity index (χ4n) is 9.18. The monoisotopic (exact) mass is 914 g/mol. The van der Waals surface area contributed by atoms with Gasteiger partial charge < -0.3 is 9.13 Å². The van der Waals surface area contributed by atoms with Crippen LogP contribution >= 0.6 is 0 Å². The van der Waals surface area contributed by atoms with Crippen molar-refractivity contribution >= 4 is 43.6 Å². The van der Waals surface area contributed by atoms with Crippen molar-refractivity contribution in [2.75, 3.05) is 0 Å². The molecule has 0 aliphatic rings. The van der Waals surface area contributed by atoms with Gasteiger partial charge in [-0.15, -0.1) is 0 Å². The Morgan fingerprint density at radius 2 is 0.700 bits per heavy atom.